The Bertz CT molecular complexity index is 1450. The molecule has 0 saturated carbocycles. The Morgan fingerprint density at radius 2 is 1.81 bits per heavy atom. The van der Waals surface area contributed by atoms with Gasteiger partial charge in [-0.2, -0.15) is 0 Å². The van der Waals surface area contributed by atoms with Crippen molar-refractivity contribution in [3.8, 4) is 17.2 Å². The zero-order valence-corrected chi connectivity index (χ0v) is 22.7. The molecular formula is C26H22Cl3N3O3S. The van der Waals surface area contributed by atoms with Crippen LogP contribution in [-0.4, -0.2) is 23.1 Å². The highest BCUT2D eigenvalue weighted by Crippen LogP contribution is 2.34. The van der Waals surface area contributed by atoms with Gasteiger partial charge in [0.05, 0.1) is 27.9 Å². The molecule has 6 nitrogen and oxygen atoms in total. The monoisotopic (exact) mass is 561 g/mol. The van der Waals surface area contributed by atoms with Crippen molar-refractivity contribution in [3.05, 3.63) is 74.7 Å². The maximum absolute atomic E-state index is 12.7. The van der Waals surface area contributed by atoms with Gasteiger partial charge >= 0.3 is 0 Å². The van der Waals surface area contributed by atoms with E-state index in [1.54, 1.807) is 18.2 Å². The number of hydrogen-bond donors (Lipinski definition) is 2. The largest absolute Gasteiger partial charge is 0.494 e. The maximum atomic E-state index is 12.7. The first-order valence-corrected chi connectivity index (χ1v) is 12.6. The molecule has 4 aromatic rings. The van der Waals surface area contributed by atoms with Gasteiger partial charge in [0.15, 0.2) is 16.4 Å². The zero-order chi connectivity index (χ0) is 26.0. The van der Waals surface area contributed by atoms with Crippen molar-refractivity contribution < 1.29 is 13.9 Å². The van der Waals surface area contributed by atoms with E-state index in [0.29, 0.717) is 33.7 Å². The van der Waals surface area contributed by atoms with Gasteiger partial charge in [-0.15, -0.1) is 0 Å². The summed E-state index contributed by atoms with van der Waals surface area (Å²) in [7, 11) is 1.44. The number of anilines is 1. The first kappa shape index (κ1) is 26.2. The van der Waals surface area contributed by atoms with E-state index < -0.39 is 5.91 Å². The summed E-state index contributed by atoms with van der Waals surface area (Å²) in [5.74, 6) is 0.669. The second kappa shape index (κ2) is 11.0. The standard InChI is InChI=1S/C26H22Cl3N3O3S/c1-4-13(2)14-6-8-22-21(11-14)30-25(35-22)15-5-7-17(27)20(12-15)31-26(36)32-24(33)16-9-18(28)23(34-3)19(29)10-16/h5-13H,4H2,1-3H3,(H2,31,32,33,36)/t13-/m1/s1. The van der Waals surface area contributed by atoms with Crippen molar-refractivity contribution in [3.63, 3.8) is 0 Å². The van der Waals surface area contributed by atoms with E-state index in [2.05, 4.69) is 35.5 Å². The Hall–Kier alpha value is -2.84. The number of thiocarbonyl (C=S) groups is 1. The number of carbonyl (C=O) groups is 1. The van der Waals surface area contributed by atoms with Gasteiger partial charge in [0, 0.05) is 11.1 Å². The van der Waals surface area contributed by atoms with Crippen LogP contribution in [0.3, 0.4) is 0 Å². The minimum atomic E-state index is -0.498. The Morgan fingerprint density at radius 3 is 2.47 bits per heavy atom. The Labute approximate surface area is 228 Å². The number of ether oxygens (including phenoxy) is 1. The first-order valence-electron chi connectivity index (χ1n) is 11.1. The highest BCUT2D eigenvalue weighted by molar-refractivity contribution is 7.80. The smallest absolute Gasteiger partial charge is 0.257 e. The third-order valence-corrected chi connectivity index (χ3v) is 6.84. The average Bonchev–Trinajstić information content (AvgIpc) is 3.28. The first-order chi connectivity index (χ1) is 17.2. The lowest BCUT2D eigenvalue weighted by atomic mass is 9.98. The number of halogens is 3. The predicted octanol–water partition coefficient (Wildman–Crippen LogP) is 8.10. The summed E-state index contributed by atoms with van der Waals surface area (Å²) in [6.45, 7) is 4.33. The van der Waals surface area contributed by atoms with Gasteiger partial charge in [-0.25, -0.2) is 4.98 Å². The van der Waals surface area contributed by atoms with Crippen LogP contribution in [0.4, 0.5) is 5.69 Å². The van der Waals surface area contributed by atoms with Crippen molar-refractivity contribution in [2.24, 2.45) is 0 Å². The van der Waals surface area contributed by atoms with Gasteiger partial charge in [-0.1, -0.05) is 54.7 Å². The van der Waals surface area contributed by atoms with Gasteiger partial charge in [0.2, 0.25) is 5.89 Å². The maximum Gasteiger partial charge on any atom is 0.257 e. The normalized spacial score (nSPS) is 11.8. The fourth-order valence-corrected chi connectivity index (χ4v) is 4.59. The van der Waals surface area contributed by atoms with Crippen molar-refractivity contribution in [2.45, 2.75) is 26.2 Å². The summed E-state index contributed by atoms with van der Waals surface area (Å²) in [4.78, 5) is 17.3. The fraction of sp³-hybridized carbons (Fsp3) is 0.192. The third-order valence-electron chi connectivity index (χ3n) is 5.75. The van der Waals surface area contributed by atoms with Crippen LogP contribution in [0.25, 0.3) is 22.6 Å². The second-order valence-corrected chi connectivity index (χ2v) is 9.76. The summed E-state index contributed by atoms with van der Waals surface area (Å²) in [6, 6.07) is 14.2. The number of methoxy groups -OCH3 is 1. The number of hydrogen-bond acceptors (Lipinski definition) is 5. The molecule has 1 atom stereocenters. The van der Waals surface area contributed by atoms with Crippen molar-refractivity contribution in [2.75, 3.05) is 12.4 Å². The molecule has 0 saturated heterocycles. The number of nitrogens with zero attached hydrogens (tertiary/aromatic N) is 1. The zero-order valence-electron chi connectivity index (χ0n) is 19.6. The van der Waals surface area contributed by atoms with Crippen LogP contribution in [0, 0.1) is 0 Å². The van der Waals surface area contributed by atoms with E-state index in [4.69, 9.17) is 56.2 Å². The molecule has 0 unspecified atom stereocenters. The molecule has 0 bridgehead atoms. The molecule has 10 heteroatoms. The molecule has 1 heterocycles. The minimum Gasteiger partial charge on any atom is -0.494 e. The van der Waals surface area contributed by atoms with E-state index in [1.165, 1.54) is 24.8 Å². The highest BCUT2D eigenvalue weighted by Gasteiger charge is 2.16. The van der Waals surface area contributed by atoms with E-state index in [9.17, 15) is 4.79 Å². The Morgan fingerprint density at radius 1 is 1.08 bits per heavy atom. The number of carbonyl (C=O) groups excluding carboxylic acids is 1. The van der Waals surface area contributed by atoms with Crippen molar-refractivity contribution >= 4 is 74.8 Å². The molecular weight excluding hydrogens is 541 g/mol. The SMILES string of the molecule is CC[C@@H](C)c1ccc2oc(-c3ccc(Cl)c(NC(=S)NC(=O)c4cc(Cl)c(OC)c(Cl)c4)c3)nc2c1. The molecule has 0 aliphatic heterocycles. The quantitative estimate of drug-likeness (QED) is 0.231. The van der Waals surface area contributed by atoms with Crippen LogP contribution < -0.4 is 15.4 Å². The molecule has 3 aromatic carbocycles. The van der Waals surface area contributed by atoms with E-state index in [1.807, 2.05) is 12.1 Å². The predicted molar refractivity (Wildman–Crippen MR) is 150 cm³/mol. The fourth-order valence-electron chi connectivity index (χ4n) is 3.58. The molecule has 0 fully saturated rings. The number of amides is 1. The number of aromatic nitrogens is 1. The van der Waals surface area contributed by atoms with Gasteiger partial charge in [-0.3, -0.25) is 10.1 Å². The van der Waals surface area contributed by atoms with Crippen LogP contribution in [0.1, 0.15) is 42.1 Å². The number of fused-ring (bicyclic) bond motifs is 1. The van der Waals surface area contributed by atoms with Crippen LogP contribution in [-0.2, 0) is 0 Å². The molecule has 1 aromatic heterocycles. The van der Waals surface area contributed by atoms with Gasteiger partial charge < -0.3 is 14.5 Å². The third kappa shape index (κ3) is 5.60. The van der Waals surface area contributed by atoms with Crippen LogP contribution >= 0.6 is 47.0 Å². The van der Waals surface area contributed by atoms with E-state index >= 15 is 0 Å². The van der Waals surface area contributed by atoms with Gasteiger partial charge in [-0.05, 0) is 72.6 Å². The van der Waals surface area contributed by atoms with Gasteiger partial charge in [0.1, 0.15) is 5.52 Å². The summed E-state index contributed by atoms with van der Waals surface area (Å²) < 4.78 is 11.1. The molecule has 0 radical (unpaired) electrons. The van der Waals surface area contributed by atoms with Crippen LogP contribution in [0.2, 0.25) is 15.1 Å². The molecule has 0 aliphatic rings. The Kier molecular flexibility index (Phi) is 8.05. The Balaban J connectivity index is 1.52. The van der Waals surface area contributed by atoms with E-state index in [0.717, 1.165) is 11.9 Å². The topological polar surface area (TPSA) is 76.4 Å². The molecule has 0 aliphatic carbocycles. The summed E-state index contributed by atoms with van der Waals surface area (Å²) in [5.41, 5.74) is 4.09. The number of oxazole rings is 1. The lowest BCUT2D eigenvalue weighted by Crippen LogP contribution is -2.34. The molecule has 2 N–H and O–H groups in total. The van der Waals surface area contributed by atoms with Crippen molar-refractivity contribution in [1.29, 1.82) is 0 Å². The second-order valence-electron chi connectivity index (χ2n) is 8.13. The van der Waals surface area contributed by atoms with Crippen LogP contribution in [0.15, 0.2) is 52.9 Å². The van der Waals surface area contributed by atoms with Gasteiger partial charge in [0.25, 0.3) is 5.91 Å². The van der Waals surface area contributed by atoms with Crippen molar-refractivity contribution in [1.82, 2.24) is 10.3 Å². The van der Waals surface area contributed by atoms with Crippen LogP contribution in [0.5, 0.6) is 5.75 Å². The summed E-state index contributed by atoms with van der Waals surface area (Å²) in [5, 5.41) is 6.40. The average molecular weight is 563 g/mol. The number of rotatable bonds is 6. The molecule has 0 spiro atoms. The van der Waals surface area contributed by atoms with E-state index in [-0.39, 0.29) is 26.5 Å². The molecule has 4 rings (SSSR count). The summed E-state index contributed by atoms with van der Waals surface area (Å²) >= 11 is 24.0. The summed E-state index contributed by atoms with van der Waals surface area (Å²) in [6.07, 6.45) is 1.04. The number of benzene rings is 3. The lowest BCUT2D eigenvalue weighted by Gasteiger charge is -2.13. The lowest BCUT2D eigenvalue weighted by molar-refractivity contribution is 0.0977. The molecule has 1 amide bonds. The minimum absolute atomic E-state index is 0.0397. The highest BCUT2D eigenvalue weighted by atomic mass is 35.5. The molecule has 186 valence electrons. The number of nitrogens with one attached hydrogen (secondary N) is 2. The molecule has 36 heavy (non-hydrogen) atoms.